The van der Waals surface area contributed by atoms with E-state index in [9.17, 15) is 13.2 Å². The molecule has 1 aromatic rings. The zero-order chi connectivity index (χ0) is 16.1. The minimum absolute atomic E-state index is 0.00677. The molecule has 0 aliphatic rings. The Morgan fingerprint density at radius 1 is 1.48 bits per heavy atom. The van der Waals surface area contributed by atoms with Gasteiger partial charge in [0.15, 0.2) is 0 Å². The van der Waals surface area contributed by atoms with Crippen molar-refractivity contribution in [2.24, 2.45) is 5.41 Å². The SMILES string of the molecule is CC(C)(CCO)CNS(=O)(=O)c1cnn(CCC(=O)O)c1. The zero-order valence-electron chi connectivity index (χ0n) is 12.1. The minimum Gasteiger partial charge on any atom is -0.481 e. The maximum atomic E-state index is 12.1. The predicted molar refractivity (Wildman–Crippen MR) is 75.2 cm³/mol. The number of carboxylic acid groups (broad SMARTS) is 1. The smallest absolute Gasteiger partial charge is 0.305 e. The lowest BCUT2D eigenvalue weighted by atomic mass is 9.90. The molecule has 0 amide bonds. The average molecular weight is 319 g/mol. The molecule has 9 heteroatoms. The summed E-state index contributed by atoms with van der Waals surface area (Å²) in [6, 6.07) is 0. The molecule has 0 aliphatic heterocycles. The molecule has 8 nitrogen and oxygen atoms in total. The van der Waals surface area contributed by atoms with E-state index in [-0.39, 0.29) is 36.4 Å². The largest absolute Gasteiger partial charge is 0.481 e. The first-order valence-electron chi connectivity index (χ1n) is 6.51. The molecular formula is C12H21N3O5S. The first-order valence-corrected chi connectivity index (χ1v) is 7.99. The molecule has 1 rings (SSSR count). The van der Waals surface area contributed by atoms with Gasteiger partial charge in [0, 0.05) is 19.3 Å². The van der Waals surface area contributed by atoms with E-state index < -0.39 is 16.0 Å². The molecule has 21 heavy (non-hydrogen) atoms. The van der Waals surface area contributed by atoms with Gasteiger partial charge in [-0.2, -0.15) is 5.10 Å². The number of carbonyl (C=O) groups is 1. The summed E-state index contributed by atoms with van der Waals surface area (Å²) < 4.78 is 27.9. The predicted octanol–water partition coefficient (Wildman–Crippen LogP) is 0.0447. The molecule has 3 N–H and O–H groups in total. The summed E-state index contributed by atoms with van der Waals surface area (Å²) in [5.74, 6) is -0.973. The average Bonchev–Trinajstić information content (AvgIpc) is 2.84. The molecule has 0 saturated carbocycles. The van der Waals surface area contributed by atoms with E-state index in [1.165, 1.54) is 17.1 Å². The van der Waals surface area contributed by atoms with E-state index in [4.69, 9.17) is 10.2 Å². The highest BCUT2D eigenvalue weighted by Gasteiger charge is 2.23. The lowest BCUT2D eigenvalue weighted by Gasteiger charge is -2.23. The van der Waals surface area contributed by atoms with Crippen molar-refractivity contribution < 1.29 is 23.4 Å². The second-order valence-electron chi connectivity index (χ2n) is 5.55. The monoisotopic (exact) mass is 319 g/mol. The van der Waals surface area contributed by atoms with Crippen molar-refractivity contribution >= 4 is 16.0 Å². The third-order valence-corrected chi connectivity index (χ3v) is 4.36. The summed E-state index contributed by atoms with van der Waals surface area (Å²) in [6.45, 7) is 3.99. The molecule has 0 radical (unpaired) electrons. The summed E-state index contributed by atoms with van der Waals surface area (Å²) in [6.07, 6.45) is 2.83. The molecule has 0 spiro atoms. The highest BCUT2D eigenvalue weighted by atomic mass is 32.2. The normalized spacial score (nSPS) is 12.5. The lowest BCUT2D eigenvalue weighted by molar-refractivity contribution is -0.137. The van der Waals surface area contributed by atoms with Gasteiger partial charge in [0.25, 0.3) is 0 Å². The number of carboxylic acids is 1. The van der Waals surface area contributed by atoms with Gasteiger partial charge in [0.1, 0.15) is 4.90 Å². The van der Waals surface area contributed by atoms with E-state index >= 15 is 0 Å². The zero-order valence-corrected chi connectivity index (χ0v) is 12.9. The number of sulfonamides is 1. The molecule has 1 heterocycles. The van der Waals surface area contributed by atoms with E-state index in [1.54, 1.807) is 0 Å². The van der Waals surface area contributed by atoms with Crippen LogP contribution in [0.2, 0.25) is 0 Å². The molecule has 0 atom stereocenters. The van der Waals surface area contributed by atoms with Crippen LogP contribution >= 0.6 is 0 Å². The van der Waals surface area contributed by atoms with Crippen molar-refractivity contribution in [3.05, 3.63) is 12.4 Å². The van der Waals surface area contributed by atoms with Crippen LogP contribution in [0.4, 0.5) is 0 Å². The summed E-state index contributed by atoms with van der Waals surface area (Å²) >= 11 is 0. The molecule has 0 aliphatic carbocycles. The van der Waals surface area contributed by atoms with Gasteiger partial charge in [0.2, 0.25) is 10.0 Å². The maximum absolute atomic E-state index is 12.1. The number of nitrogens with zero attached hydrogens (tertiary/aromatic N) is 2. The van der Waals surface area contributed by atoms with Crippen molar-refractivity contribution in [2.45, 2.75) is 38.1 Å². The number of aromatic nitrogens is 2. The van der Waals surface area contributed by atoms with Crippen molar-refractivity contribution in [3.8, 4) is 0 Å². The van der Waals surface area contributed by atoms with E-state index in [0.29, 0.717) is 6.42 Å². The quantitative estimate of drug-likeness (QED) is 0.591. The number of hydrogen-bond donors (Lipinski definition) is 3. The van der Waals surface area contributed by atoms with Crippen LogP contribution in [0.3, 0.4) is 0 Å². The Kier molecular flexibility index (Phi) is 5.87. The van der Waals surface area contributed by atoms with Crippen LogP contribution in [0.1, 0.15) is 26.7 Å². The van der Waals surface area contributed by atoms with Gasteiger partial charge in [-0.1, -0.05) is 13.8 Å². The number of nitrogens with one attached hydrogen (secondary N) is 1. The fourth-order valence-electron chi connectivity index (χ4n) is 1.58. The Bertz CT molecular complexity index is 579. The van der Waals surface area contributed by atoms with E-state index in [2.05, 4.69) is 9.82 Å². The maximum Gasteiger partial charge on any atom is 0.305 e. The third-order valence-electron chi connectivity index (χ3n) is 3.00. The van der Waals surface area contributed by atoms with Gasteiger partial charge in [-0.25, -0.2) is 13.1 Å². The molecule has 0 fully saturated rings. The highest BCUT2D eigenvalue weighted by molar-refractivity contribution is 7.89. The summed E-state index contributed by atoms with van der Waals surface area (Å²) in [5, 5.41) is 21.3. The number of aliphatic hydroxyl groups excluding tert-OH is 1. The molecule has 0 saturated heterocycles. The summed E-state index contributed by atoms with van der Waals surface area (Å²) in [5.41, 5.74) is -0.360. The van der Waals surface area contributed by atoms with E-state index in [1.807, 2.05) is 13.8 Å². The molecule has 120 valence electrons. The van der Waals surface area contributed by atoms with Crippen molar-refractivity contribution in [3.63, 3.8) is 0 Å². The van der Waals surface area contributed by atoms with Crippen LogP contribution in [-0.2, 0) is 21.4 Å². The Labute approximate surface area is 123 Å². The van der Waals surface area contributed by atoms with Crippen LogP contribution < -0.4 is 4.72 Å². The van der Waals surface area contributed by atoms with Gasteiger partial charge < -0.3 is 10.2 Å². The molecule has 0 aromatic carbocycles. The number of aliphatic carboxylic acids is 1. The molecule has 1 aromatic heterocycles. The highest BCUT2D eigenvalue weighted by Crippen LogP contribution is 2.19. The number of aliphatic hydroxyl groups is 1. The van der Waals surface area contributed by atoms with Crippen molar-refractivity contribution in [1.82, 2.24) is 14.5 Å². The second-order valence-corrected chi connectivity index (χ2v) is 7.31. The Morgan fingerprint density at radius 2 is 2.14 bits per heavy atom. The van der Waals surface area contributed by atoms with Crippen LogP contribution in [0.15, 0.2) is 17.3 Å². The summed E-state index contributed by atoms with van der Waals surface area (Å²) in [4.78, 5) is 10.5. The first kappa shape index (κ1) is 17.6. The van der Waals surface area contributed by atoms with Crippen molar-refractivity contribution in [1.29, 1.82) is 0 Å². The Balaban J connectivity index is 2.68. The van der Waals surface area contributed by atoms with Crippen molar-refractivity contribution in [2.75, 3.05) is 13.2 Å². The van der Waals surface area contributed by atoms with Gasteiger partial charge in [-0.05, 0) is 11.8 Å². The summed E-state index contributed by atoms with van der Waals surface area (Å²) in [7, 11) is -3.69. The Morgan fingerprint density at radius 3 is 2.71 bits per heavy atom. The van der Waals surface area contributed by atoms with Gasteiger partial charge >= 0.3 is 5.97 Å². The molecule has 0 unspecified atom stereocenters. The third kappa shape index (κ3) is 5.82. The topological polar surface area (TPSA) is 122 Å². The molecule has 0 bridgehead atoms. The van der Waals surface area contributed by atoms with Gasteiger partial charge in [0.05, 0.1) is 19.2 Å². The van der Waals surface area contributed by atoms with Gasteiger partial charge in [-0.15, -0.1) is 0 Å². The Hall–Kier alpha value is -1.45. The second kappa shape index (κ2) is 7.01. The number of aryl methyl sites for hydroxylation is 1. The first-order chi connectivity index (χ1) is 9.66. The standard InChI is InChI=1S/C12H21N3O5S/c1-12(2,4-6-16)9-14-21(19,20)10-7-13-15(8-10)5-3-11(17)18/h7-8,14,16H,3-6,9H2,1-2H3,(H,17,18). The van der Waals surface area contributed by atoms with E-state index in [0.717, 1.165) is 0 Å². The van der Waals surface area contributed by atoms with Crippen LogP contribution in [-0.4, -0.2) is 47.5 Å². The van der Waals surface area contributed by atoms with Crippen LogP contribution in [0.5, 0.6) is 0 Å². The fraction of sp³-hybridized carbons (Fsp3) is 0.667. The van der Waals surface area contributed by atoms with Crippen LogP contribution in [0, 0.1) is 5.41 Å². The van der Waals surface area contributed by atoms with Gasteiger partial charge in [-0.3, -0.25) is 9.48 Å². The van der Waals surface area contributed by atoms with Crippen LogP contribution in [0.25, 0.3) is 0 Å². The minimum atomic E-state index is -3.69. The fourth-order valence-corrected chi connectivity index (χ4v) is 2.77. The molecular weight excluding hydrogens is 298 g/mol. The number of hydrogen-bond acceptors (Lipinski definition) is 5. The lowest BCUT2D eigenvalue weighted by Crippen LogP contribution is -2.34. The number of rotatable bonds is 9.